The molecule has 50 nitrogen and oxygen atoms in total. The van der Waals surface area contributed by atoms with Crippen molar-refractivity contribution in [1.29, 1.82) is 0 Å². The highest BCUT2D eigenvalue weighted by Crippen LogP contribution is 2.49. The topological polar surface area (TPSA) is 516 Å². The van der Waals surface area contributed by atoms with E-state index in [4.69, 9.17) is 24.2 Å². The van der Waals surface area contributed by atoms with Crippen LogP contribution in [0.5, 0.6) is 0 Å². The number of urea groups is 5. The van der Waals surface area contributed by atoms with Crippen molar-refractivity contribution in [2.24, 2.45) is 60.4 Å². The number of aliphatic imine (C=N–C) groups is 4. The van der Waals surface area contributed by atoms with Crippen molar-refractivity contribution in [3.05, 3.63) is 87.3 Å². The summed E-state index contributed by atoms with van der Waals surface area (Å²) < 4.78 is 8.62. The molecule has 7 N–H and O–H groups in total. The van der Waals surface area contributed by atoms with Gasteiger partial charge in [-0.15, -0.1) is 0 Å². The van der Waals surface area contributed by atoms with Crippen molar-refractivity contribution in [3.63, 3.8) is 0 Å². The van der Waals surface area contributed by atoms with Crippen LogP contribution < -0.4 is 32.6 Å². The van der Waals surface area contributed by atoms with Crippen LogP contribution in [0.2, 0.25) is 0 Å². The van der Waals surface area contributed by atoms with Crippen LogP contribution in [0, 0.1) is 0 Å². The quantitative estimate of drug-likeness (QED) is 0.0294. The third-order valence-corrected chi connectivity index (χ3v) is 23.6. The van der Waals surface area contributed by atoms with Gasteiger partial charge in [-0.25, -0.2) is 65.1 Å². The van der Waals surface area contributed by atoms with E-state index in [9.17, 15) is 57.8 Å². The molecule has 16 rings (SSSR count). The van der Waals surface area contributed by atoms with E-state index >= 15 is 0 Å². The molecule has 5 aromatic rings. The van der Waals surface area contributed by atoms with Crippen LogP contribution in [0.25, 0.3) is 0 Å². The number of amidine groups is 5. The van der Waals surface area contributed by atoms with Crippen LogP contribution in [-0.4, -0.2) is 350 Å². The molecule has 11 aliphatic rings. The number of rotatable bonds is 12. The molecular weight excluding hydrogens is 1620 g/mol. The Bertz CT molecular complexity index is 5210. The number of fused-ring (bicyclic) bond motifs is 20. The highest BCUT2D eigenvalue weighted by molar-refractivity contribution is 6.06. The number of aryl methyl sites for hydroxylation is 5. The molecule has 0 saturated carbocycles. The van der Waals surface area contributed by atoms with Crippen molar-refractivity contribution in [2.75, 3.05) is 131 Å². The monoisotopic (exact) mass is 1730 g/mol. The maximum absolute atomic E-state index is 12.7. The van der Waals surface area contributed by atoms with E-state index < -0.39 is 65.5 Å². The molecule has 124 heavy (non-hydrogen) atoms. The number of nitrogens with one attached hydrogen (secondary N) is 6. The lowest BCUT2D eigenvalue weighted by Gasteiger charge is -2.39. The highest BCUT2D eigenvalue weighted by Gasteiger charge is 2.57. The number of amides is 14. The first-order valence-electron chi connectivity index (χ1n) is 39.5. The van der Waals surface area contributed by atoms with Crippen LogP contribution in [0.3, 0.4) is 0 Å². The number of carbonyl (C=O) groups excluding carboxylic acids is 10. The van der Waals surface area contributed by atoms with Crippen molar-refractivity contribution in [2.45, 2.75) is 119 Å². The molecule has 50 heteroatoms. The normalized spacial score (nSPS) is 23.4. The van der Waals surface area contributed by atoms with Gasteiger partial charge in [0.2, 0.25) is 11.5 Å². The number of nitrogens with zero attached hydrogens (tertiary/aromatic N) is 27. The maximum Gasteiger partial charge on any atom is 0.433 e. The zero-order valence-corrected chi connectivity index (χ0v) is 73.4. The lowest BCUT2D eigenvalue weighted by molar-refractivity contribution is -0.166. The largest absolute Gasteiger partial charge is 0.479 e. The summed E-state index contributed by atoms with van der Waals surface area (Å²) in [7, 11) is 30.5. The minimum Gasteiger partial charge on any atom is -0.479 e. The smallest absolute Gasteiger partial charge is 0.433 e. The molecule has 0 spiro atoms. The molecule has 11 aliphatic heterocycles. The third kappa shape index (κ3) is 15.9. The Balaban J connectivity index is 0.000000142. The van der Waals surface area contributed by atoms with E-state index in [0.717, 1.165) is 56.3 Å². The van der Waals surface area contributed by atoms with Crippen molar-refractivity contribution in [1.82, 2.24) is 140 Å². The van der Waals surface area contributed by atoms with Gasteiger partial charge in [-0.05, 0) is 34.1 Å². The Hall–Kier alpha value is -13.9. The van der Waals surface area contributed by atoms with E-state index in [1.807, 2.05) is 28.2 Å². The first-order chi connectivity index (χ1) is 58.6. The standard InChI is InChI=1S/C17H25N7O4.C15H22N6O4.C15H20N6O3.C14H21N7O3.C13H19N7O3/c1-10(25)19-7-5-6-13(26)28-21-16(18-2)15-14-11(8-20-23(14)4)12-9-24(15)17(27)22(12)3;1-15(2,13(22)23)25-18-12(16-3)11-10-8(6-17-20(10)5)9-7-21(11)14(24)19(9)4;1-15(2)13(22)19(4)12(17-24-15)11-10-8(6-16-20(10)5)9-7-21(11)14(23)18(9)3;1-15-12(17-24-14(23)18(2)3)11-10-8(6-16-20(10)5)9-7-21(11)13(22)19(9)4;1-14-11(17-23-12(21)15-2)10-9-7(5-16-19(9)4)8-6-20(10)13(22)18(8)3/h8,12,15H,5-7,9H2,1-4H3,(H,18,21)(H,19,25);6,9,11H,7H2,1-5H3,(H,16,18)(H,22,23);6,9,11H,7H2,1-5H3;6,9,11H,7H2,1-5H3,(H,15,17);5,8,10H,6H2,1-4H3,(H,14,17)(H,15,21)/t12-,15-;3*9-,11-;8-,10-/m00000/s1. The molecule has 670 valence electrons. The molecular formula is C74H107N33O17. The van der Waals surface area contributed by atoms with Gasteiger partial charge in [-0.2, -0.15) is 25.5 Å². The van der Waals surface area contributed by atoms with Crippen LogP contribution in [0.1, 0.15) is 164 Å². The summed E-state index contributed by atoms with van der Waals surface area (Å²) in [5, 5.41) is 40.0. The molecule has 16 heterocycles. The fourth-order valence-corrected chi connectivity index (χ4v) is 16.7. The summed E-state index contributed by atoms with van der Waals surface area (Å²) in [6, 6.07) is -3.21. The zero-order chi connectivity index (χ0) is 90.6. The number of hydroxylamine groups is 4. The average molecular weight is 1730 g/mol. The summed E-state index contributed by atoms with van der Waals surface area (Å²) in [6.07, 6.45) is 8.26. The Morgan fingerprint density at radius 3 is 1.17 bits per heavy atom. The third-order valence-electron chi connectivity index (χ3n) is 23.6. The number of likely N-dealkylation sites (N-methyl/N-ethyl adjacent to an activating group) is 6. The van der Waals surface area contributed by atoms with Crippen LogP contribution >= 0.6 is 0 Å². The van der Waals surface area contributed by atoms with Crippen LogP contribution in [0.4, 0.5) is 33.6 Å². The number of carboxylic acids is 1. The number of oxime groups is 1. The van der Waals surface area contributed by atoms with Gasteiger partial charge in [0, 0.05) is 207 Å². The van der Waals surface area contributed by atoms with Gasteiger partial charge < -0.3 is 89.0 Å². The minimum absolute atomic E-state index is 0.0274. The molecule has 0 aliphatic carbocycles. The number of carbonyl (C=O) groups is 11. The average Bonchev–Trinajstić information content (AvgIpc) is 1.63. The summed E-state index contributed by atoms with van der Waals surface area (Å²) in [5.41, 5.74) is 17.1. The summed E-state index contributed by atoms with van der Waals surface area (Å²) in [4.78, 5) is 195. The number of aromatic nitrogens is 10. The maximum atomic E-state index is 12.7. The zero-order valence-electron chi connectivity index (χ0n) is 73.4. The number of aliphatic carboxylic acids is 1. The lowest BCUT2D eigenvalue weighted by atomic mass is 9.95. The van der Waals surface area contributed by atoms with Gasteiger partial charge in [0.25, 0.3) is 5.91 Å². The van der Waals surface area contributed by atoms with Crippen molar-refractivity contribution >= 4 is 95.3 Å². The second-order valence-corrected chi connectivity index (χ2v) is 32.0. The van der Waals surface area contributed by atoms with E-state index in [2.05, 4.69) is 83.2 Å². The predicted octanol–water partition coefficient (Wildman–Crippen LogP) is 0.522. The first kappa shape index (κ1) is 89.4. The van der Waals surface area contributed by atoms with Gasteiger partial charge in [-0.3, -0.25) is 62.7 Å². The molecule has 14 amide bonds. The Morgan fingerprint density at radius 2 is 0.831 bits per heavy atom. The summed E-state index contributed by atoms with van der Waals surface area (Å²) >= 11 is 0. The second kappa shape index (κ2) is 34.9. The molecule has 5 fully saturated rings. The lowest BCUT2D eigenvalue weighted by Crippen LogP contribution is -2.55. The van der Waals surface area contributed by atoms with Gasteiger partial charge in [-0.1, -0.05) is 5.16 Å². The molecule has 0 unspecified atom stereocenters. The molecule has 10 bridgehead atoms. The van der Waals surface area contributed by atoms with E-state index in [1.165, 1.54) is 37.6 Å². The number of carboxylic acid groups (broad SMARTS) is 1. The fourth-order valence-electron chi connectivity index (χ4n) is 16.7. The number of hydrogen-bond acceptors (Lipinski definition) is 26. The van der Waals surface area contributed by atoms with Crippen LogP contribution in [-0.2, 0) is 78.6 Å². The first-order valence-corrected chi connectivity index (χ1v) is 39.5. The Morgan fingerprint density at radius 1 is 0.508 bits per heavy atom. The van der Waals surface area contributed by atoms with E-state index in [-0.39, 0.29) is 78.6 Å². The van der Waals surface area contributed by atoms with E-state index in [1.54, 1.807) is 209 Å². The van der Waals surface area contributed by atoms with Gasteiger partial charge >= 0.3 is 54.3 Å². The van der Waals surface area contributed by atoms with Gasteiger partial charge in [0.15, 0.2) is 28.9 Å². The molecule has 0 radical (unpaired) electrons. The Labute approximate surface area is 712 Å². The SMILES string of the molecule is CN1C(=O)C(C)(C)ON=C1[C@@H]1c2c(cnn2C)[C@@H]2CN1C(=O)N2C.CN=C(NOC(=O)CCCNC(C)=O)[C@@H]1c2c(cnn2C)[C@@H]2CN1C(=O)N2C.CN=C(NOC(=O)N(C)C)[C@@H]1c2c(cnn2C)[C@@H]2CN1C(=O)N2C.CN=C(NOC(=O)NC)[C@@H]1c2c(cnn2C)[C@@H]2CN1C(=O)N2C.CN=C(NOC(C)(C)C(=O)O)[C@@H]1c2c(cnn2C)[C@@H]2CN1C(=O)N2C. The molecule has 5 aromatic heterocycles. The minimum atomic E-state index is -1.45. The predicted molar refractivity (Wildman–Crippen MR) is 437 cm³/mol. The Kier molecular flexibility index (Phi) is 25.2. The summed E-state index contributed by atoms with van der Waals surface area (Å²) in [5.74, 6) is -0.0897. The van der Waals surface area contributed by atoms with Crippen LogP contribution in [0.15, 0.2) is 56.1 Å². The van der Waals surface area contributed by atoms with Crippen molar-refractivity contribution in [3.8, 4) is 0 Å². The fraction of sp³-hybridized carbons (Fsp3) is 0.581. The number of hydrogen-bond donors (Lipinski definition) is 7. The molecule has 5 saturated heterocycles. The summed E-state index contributed by atoms with van der Waals surface area (Å²) in [6.45, 7) is 10.7. The van der Waals surface area contributed by atoms with Gasteiger partial charge in [0.05, 0.1) is 89.7 Å². The van der Waals surface area contributed by atoms with E-state index in [0.29, 0.717) is 74.9 Å². The van der Waals surface area contributed by atoms with Gasteiger partial charge in [0.1, 0.15) is 36.0 Å². The van der Waals surface area contributed by atoms with Crippen molar-refractivity contribution < 1.29 is 82.0 Å². The second-order valence-electron chi connectivity index (χ2n) is 32.0. The molecule has 10 atom stereocenters. The molecule has 0 aromatic carbocycles. The highest BCUT2D eigenvalue weighted by atomic mass is 16.7.